The summed E-state index contributed by atoms with van der Waals surface area (Å²) in [5.41, 5.74) is 5.85. The quantitative estimate of drug-likeness (QED) is 0.353. The molecule has 1 amide bonds. The predicted octanol–water partition coefficient (Wildman–Crippen LogP) is 5.01. The Morgan fingerprint density at radius 3 is 2.67 bits per heavy atom. The van der Waals surface area contributed by atoms with Crippen LogP contribution in [0, 0.1) is 0 Å². The summed E-state index contributed by atoms with van der Waals surface area (Å²) in [6, 6.07) is 18.1. The van der Waals surface area contributed by atoms with Crippen LogP contribution in [-0.4, -0.2) is 26.9 Å². The van der Waals surface area contributed by atoms with Crippen LogP contribution in [0.15, 0.2) is 84.4 Å². The minimum atomic E-state index is -0.461. The first-order valence-electron chi connectivity index (χ1n) is 8.96. The van der Waals surface area contributed by atoms with Gasteiger partial charge >= 0.3 is 0 Å². The summed E-state index contributed by atoms with van der Waals surface area (Å²) < 4.78 is 1.75. The Hall–Kier alpha value is -3.48. The Morgan fingerprint density at radius 2 is 1.90 bits per heavy atom. The van der Waals surface area contributed by atoms with Gasteiger partial charge in [0.05, 0.1) is 22.5 Å². The molecule has 0 radical (unpaired) electrons. The van der Waals surface area contributed by atoms with E-state index in [4.69, 9.17) is 23.2 Å². The molecule has 0 aliphatic carbocycles. The molecule has 0 atom stereocenters. The summed E-state index contributed by atoms with van der Waals surface area (Å²) in [5.74, 6) is -0.461. The molecule has 0 spiro atoms. The van der Waals surface area contributed by atoms with E-state index < -0.39 is 5.91 Å². The van der Waals surface area contributed by atoms with Gasteiger partial charge < -0.3 is 0 Å². The van der Waals surface area contributed by atoms with Crippen molar-refractivity contribution >= 4 is 35.3 Å². The van der Waals surface area contributed by atoms with E-state index in [2.05, 4.69) is 20.6 Å². The van der Waals surface area contributed by atoms with Gasteiger partial charge in [-0.05, 0) is 42.5 Å². The summed E-state index contributed by atoms with van der Waals surface area (Å²) in [5, 5.41) is 9.45. The van der Waals surface area contributed by atoms with Crippen molar-refractivity contribution in [1.82, 2.24) is 20.2 Å². The van der Waals surface area contributed by atoms with E-state index in [-0.39, 0.29) is 5.56 Å². The number of nitrogens with zero attached hydrogens (tertiary/aromatic N) is 4. The zero-order chi connectivity index (χ0) is 20.9. The summed E-state index contributed by atoms with van der Waals surface area (Å²) >= 11 is 12.0. The maximum atomic E-state index is 12.4. The SMILES string of the molecule is O=C(N/N=C\c1cn(-c2ccccc2)nc1-c1cccnc1)c1cc(Cl)ccc1Cl. The smallest absolute Gasteiger partial charge is 0.267 e. The number of carbonyl (C=O) groups is 1. The van der Waals surface area contributed by atoms with E-state index in [1.54, 1.807) is 29.2 Å². The first-order valence-corrected chi connectivity index (χ1v) is 9.71. The van der Waals surface area contributed by atoms with Crippen LogP contribution in [0.4, 0.5) is 0 Å². The van der Waals surface area contributed by atoms with Crippen molar-refractivity contribution in [2.45, 2.75) is 0 Å². The van der Waals surface area contributed by atoms with E-state index in [9.17, 15) is 4.79 Å². The molecule has 0 saturated heterocycles. The Morgan fingerprint density at radius 1 is 1.07 bits per heavy atom. The molecule has 1 N–H and O–H groups in total. The van der Waals surface area contributed by atoms with Crippen LogP contribution in [0.2, 0.25) is 10.0 Å². The lowest BCUT2D eigenvalue weighted by Crippen LogP contribution is -2.18. The van der Waals surface area contributed by atoms with Crippen LogP contribution in [0.5, 0.6) is 0 Å². The van der Waals surface area contributed by atoms with Crippen LogP contribution < -0.4 is 5.43 Å². The number of aromatic nitrogens is 3. The summed E-state index contributed by atoms with van der Waals surface area (Å²) in [6.07, 6.45) is 6.78. The maximum Gasteiger partial charge on any atom is 0.272 e. The largest absolute Gasteiger partial charge is 0.272 e. The van der Waals surface area contributed by atoms with E-state index in [1.165, 1.54) is 12.3 Å². The van der Waals surface area contributed by atoms with Crippen LogP contribution in [0.25, 0.3) is 16.9 Å². The highest BCUT2D eigenvalue weighted by Crippen LogP contribution is 2.22. The number of amides is 1. The van der Waals surface area contributed by atoms with Gasteiger partial charge in [-0.15, -0.1) is 0 Å². The fourth-order valence-electron chi connectivity index (χ4n) is 2.81. The second-order valence-corrected chi connectivity index (χ2v) is 7.12. The highest BCUT2D eigenvalue weighted by molar-refractivity contribution is 6.35. The zero-order valence-electron chi connectivity index (χ0n) is 15.5. The van der Waals surface area contributed by atoms with Gasteiger partial charge in [0.15, 0.2) is 0 Å². The van der Waals surface area contributed by atoms with Crippen LogP contribution >= 0.6 is 23.2 Å². The Balaban J connectivity index is 1.63. The van der Waals surface area contributed by atoms with E-state index >= 15 is 0 Å². The van der Waals surface area contributed by atoms with Crippen molar-refractivity contribution in [2.24, 2.45) is 5.10 Å². The summed E-state index contributed by atoms with van der Waals surface area (Å²) in [4.78, 5) is 16.6. The molecule has 0 saturated carbocycles. The second-order valence-electron chi connectivity index (χ2n) is 6.28. The third kappa shape index (κ3) is 4.40. The molecule has 4 rings (SSSR count). The molecule has 0 unspecified atom stereocenters. The molecule has 0 fully saturated rings. The average Bonchev–Trinajstić information content (AvgIpc) is 3.21. The van der Waals surface area contributed by atoms with Crippen LogP contribution in [-0.2, 0) is 0 Å². The van der Waals surface area contributed by atoms with Gasteiger partial charge in [-0.2, -0.15) is 10.2 Å². The number of hydrazone groups is 1. The van der Waals surface area contributed by atoms with Crippen molar-refractivity contribution in [3.05, 3.63) is 100 Å². The number of pyridine rings is 1. The molecule has 8 heteroatoms. The Labute approximate surface area is 182 Å². The highest BCUT2D eigenvalue weighted by atomic mass is 35.5. The van der Waals surface area contributed by atoms with Gasteiger partial charge in [0, 0.05) is 34.7 Å². The fraction of sp³-hybridized carbons (Fsp3) is 0. The molecule has 0 aliphatic heterocycles. The highest BCUT2D eigenvalue weighted by Gasteiger charge is 2.13. The lowest BCUT2D eigenvalue weighted by atomic mass is 10.1. The maximum absolute atomic E-state index is 12.4. The monoisotopic (exact) mass is 435 g/mol. The van der Waals surface area contributed by atoms with E-state index in [0.717, 1.165) is 11.3 Å². The molecule has 0 aliphatic rings. The first kappa shape index (κ1) is 19.8. The van der Waals surface area contributed by atoms with Crippen molar-refractivity contribution in [3.8, 4) is 16.9 Å². The number of nitrogens with one attached hydrogen (secondary N) is 1. The standard InChI is InChI=1S/C22H15Cl2N5O/c23-17-8-9-20(24)19(11-17)22(30)27-26-13-16-14-29(18-6-2-1-3-7-18)28-21(16)15-5-4-10-25-12-15/h1-14H,(H,27,30)/b26-13-. The topological polar surface area (TPSA) is 72.2 Å². The molecule has 2 aromatic carbocycles. The molecule has 0 bridgehead atoms. The molecule has 2 aromatic heterocycles. The summed E-state index contributed by atoms with van der Waals surface area (Å²) in [6.45, 7) is 0. The fourth-order valence-corrected chi connectivity index (χ4v) is 3.19. The van der Waals surface area contributed by atoms with Gasteiger partial charge in [0.25, 0.3) is 5.91 Å². The van der Waals surface area contributed by atoms with Crippen molar-refractivity contribution in [1.29, 1.82) is 0 Å². The number of para-hydroxylation sites is 1. The van der Waals surface area contributed by atoms with E-state index in [1.807, 2.05) is 48.7 Å². The molecular formula is C22H15Cl2N5O. The number of hydrogen-bond donors (Lipinski definition) is 1. The third-order valence-electron chi connectivity index (χ3n) is 4.24. The van der Waals surface area contributed by atoms with Crippen molar-refractivity contribution in [3.63, 3.8) is 0 Å². The normalized spacial score (nSPS) is 11.0. The van der Waals surface area contributed by atoms with E-state index in [0.29, 0.717) is 21.3 Å². The first-order chi connectivity index (χ1) is 14.6. The molecule has 6 nitrogen and oxygen atoms in total. The van der Waals surface area contributed by atoms with Gasteiger partial charge in [-0.3, -0.25) is 9.78 Å². The van der Waals surface area contributed by atoms with Crippen LogP contribution in [0.3, 0.4) is 0 Å². The van der Waals surface area contributed by atoms with Crippen molar-refractivity contribution < 1.29 is 4.79 Å². The van der Waals surface area contributed by atoms with Gasteiger partial charge in [-0.1, -0.05) is 41.4 Å². The Bertz CT molecular complexity index is 1210. The third-order valence-corrected chi connectivity index (χ3v) is 4.81. The van der Waals surface area contributed by atoms with Gasteiger partial charge in [-0.25, -0.2) is 10.1 Å². The van der Waals surface area contributed by atoms with Gasteiger partial charge in [0.1, 0.15) is 5.69 Å². The summed E-state index contributed by atoms with van der Waals surface area (Å²) in [7, 11) is 0. The minimum Gasteiger partial charge on any atom is -0.267 e. The van der Waals surface area contributed by atoms with Gasteiger partial charge in [0.2, 0.25) is 0 Å². The number of halogens is 2. The number of rotatable bonds is 5. The number of hydrogen-bond acceptors (Lipinski definition) is 4. The molecule has 2 heterocycles. The molecule has 4 aromatic rings. The lowest BCUT2D eigenvalue weighted by molar-refractivity contribution is 0.0955. The average molecular weight is 436 g/mol. The predicted molar refractivity (Wildman–Crippen MR) is 118 cm³/mol. The van der Waals surface area contributed by atoms with Crippen LogP contribution in [0.1, 0.15) is 15.9 Å². The van der Waals surface area contributed by atoms with Crippen molar-refractivity contribution in [2.75, 3.05) is 0 Å². The Kier molecular flexibility index (Phi) is 5.88. The molecular weight excluding hydrogens is 421 g/mol. The minimum absolute atomic E-state index is 0.244. The number of carbonyl (C=O) groups excluding carboxylic acids is 1. The zero-order valence-corrected chi connectivity index (χ0v) is 17.0. The second kappa shape index (κ2) is 8.90. The molecule has 30 heavy (non-hydrogen) atoms. The number of benzene rings is 2. The lowest BCUT2D eigenvalue weighted by Gasteiger charge is -2.03. The molecule has 148 valence electrons.